The van der Waals surface area contributed by atoms with E-state index in [1.165, 1.54) is 18.1 Å². The molecular weight excluding hydrogens is 426 g/mol. The predicted octanol–water partition coefficient (Wildman–Crippen LogP) is 6.42. The number of benzene rings is 3. The van der Waals surface area contributed by atoms with Gasteiger partial charge < -0.3 is 15.0 Å². The molecule has 3 rings (SSSR count). The summed E-state index contributed by atoms with van der Waals surface area (Å²) in [6, 6.07) is 18.4. The number of ether oxygens (including phenoxy) is 1. The molecule has 0 bridgehead atoms. The molecule has 30 heavy (non-hydrogen) atoms. The lowest BCUT2D eigenvalue weighted by Gasteiger charge is -2.24. The Bertz CT molecular complexity index is 1030. The van der Waals surface area contributed by atoms with Gasteiger partial charge in [-0.05, 0) is 42.3 Å². The van der Waals surface area contributed by atoms with E-state index in [0.29, 0.717) is 40.0 Å². The van der Waals surface area contributed by atoms with E-state index in [2.05, 4.69) is 5.32 Å². The molecule has 0 unspecified atom stereocenters. The van der Waals surface area contributed by atoms with Crippen molar-refractivity contribution >= 4 is 34.9 Å². The first-order chi connectivity index (χ1) is 14.5. The zero-order valence-electron chi connectivity index (χ0n) is 16.4. The number of anilines is 1. The van der Waals surface area contributed by atoms with Crippen LogP contribution >= 0.6 is 23.2 Å². The molecule has 3 aromatic rings. The van der Waals surface area contributed by atoms with E-state index in [1.54, 1.807) is 48.5 Å². The van der Waals surface area contributed by atoms with Crippen LogP contribution < -0.4 is 10.1 Å². The summed E-state index contributed by atoms with van der Waals surface area (Å²) in [5.74, 6) is 0.176. The van der Waals surface area contributed by atoms with Gasteiger partial charge in [-0.25, -0.2) is 9.18 Å². The van der Waals surface area contributed by atoms with E-state index < -0.39 is 0 Å². The number of halogens is 3. The first kappa shape index (κ1) is 21.9. The fourth-order valence-electron chi connectivity index (χ4n) is 3.01. The highest BCUT2D eigenvalue weighted by molar-refractivity contribution is 6.35. The van der Waals surface area contributed by atoms with Crippen molar-refractivity contribution in [2.75, 3.05) is 19.0 Å². The van der Waals surface area contributed by atoms with Crippen LogP contribution in [0.4, 0.5) is 14.9 Å². The number of hydrogen-bond acceptors (Lipinski definition) is 2. The van der Waals surface area contributed by atoms with Crippen LogP contribution in [0, 0.1) is 5.82 Å². The number of urea groups is 1. The summed E-state index contributed by atoms with van der Waals surface area (Å²) in [5, 5.41) is 3.92. The molecule has 4 nitrogen and oxygen atoms in total. The minimum Gasteiger partial charge on any atom is -0.495 e. The molecule has 0 aliphatic carbocycles. The average molecular weight is 447 g/mol. The van der Waals surface area contributed by atoms with Gasteiger partial charge in [-0.3, -0.25) is 0 Å². The Morgan fingerprint density at radius 3 is 2.50 bits per heavy atom. The quantitative estimate of drug-likeness (QED) is 0.454. The number of carbonyl (C=O) groups excluding carboxylic acids is 1. The van der Waals surface area contributed by atoms with Crippen molar-refractivity contribution in [2.45, 2.75) is 13.0 Å². The van der Waals surface area contributed by atoms with Gasteiger partial charge in [0.1, 0.15) is 11.6 Å². The van der Waals surface area contributed by atoms with Gasteiger partial charge in [0.25, 0.3) is 0 Å². The molecule has 0 heterocycles. The summed E-state index contributed by atoms with van der Waals surface area (Å²) in [6.45, 7) is 0.440. The Morgan fingerprint density at radius 1 is 1.03 bits per heavy atom. The van der Waals surface area contributed by atoms with Crippen LogP contribution in [0.15, 0.2) is 66.7 Å². The smallest absolute Gasteiger partial charge is 0.322 e. The Balaban J connectivity index is 1.80. The highest BCUT2D eigenvalue weighted by Crippen LogP contribution is 2.25. The lowest BCUT2D eigenvalue weighted by atomic mass is 10.1. The average Bonchev–Trinajstić information content (AvgIpc) is 2.73. The Morgan fingerprint density at radius 2 is 1.77 bits per heavy atom. The maximum absolute atomic E-state index is 14.2. The van der Waals surface area contributed by atoms with Crippen LogP contribution in [0.2, 0.25) is 10.0 Å². The van der Waals surface area contributed by atoms with Gasteiger partial charge in [0.15, 0.2) is 0 Å². The maximum atomic E-state index is 14.2. The molecule has 2 amide bonds. The number of amides is 2. The van der Waals surface area contributed by atoms with Gasteiger partial charge >= 0.3 is 6.03 Å². The molecule has 0 spiro atoms. The summed E-state index contributed by atoms with van der Waals surface area (Å²) >= 11 is 12.2. The molecule has 156 valence electrons. The van der Waals surface area contributed by atoms with Crippen molar-refractivity contribution < 1.29 is 13.9 Å². The lowest BCUT2D eigenvalue weighted by Crippen LogP contribution is -2.36. The second kappa shape index (κ2) is 10.3. The molecule has 0 saturated carbocycles. The van der Waals surface area contributed by atoms with Gasteiger partial charge in [-0.2, -0.15) is 0 Å². The van der Waals surface area contributed by atoms with Gasteiger partial charge in [0, 0.05) is 22.2 Å². The molecule has 1 N–H and O–H groups in total. The maximum Gasteiger partial charge on any atom is 0.322 e. The van der Waals surface area contributed by atoms with E-state index >= 15 is 0 Å². The monoisotopic (exact) mass is 446 g/mol. The molecule has 0 saturated heterocycles. The standard InChI is InChI=1S/C23H21Cl2FN2O2/c1-30-22-9-5-4-8-21(22)27-23(29)28(15-17-6-2-3-7-20(17)26)13-12-16-10-11-18(24)14-19(16)25/h2-11,14H,12-13,15H2,1H3,(H,27,29). The summed E-state index contributed by atoms with van der Waals surface area (Å²) in [4.78, 5) is 14.6. The molecule has 0 fully saturated rings. The Kier molecular flexibility index (Phi) is 7.55. The molecule has 3 aromatic carbocycles. The topological polar surface area (TPSA) is 41.6 Å². The molecule has 0 atom stereocenters. The zero-order chi connectivity index (χ0) is 21.5. The first-order valence-corrected chi connectivity index (χ1v) is 10.1. The number of nitrogens with zero attached hydrogens (tertiary/aromatic N) is 1. The van der Waals surface area contributed by atoms with Gasteiger partial charge in [-0.1, -0.05) is 59.6 Å². The number of hydrogen-bond donors (Lipinski definition) is 1. The van der Waals surface area contributed by atoms with E-state index in [1.807, 2.05) is 12.1 Å². The second-order valence-corrected chi connectivity index (χ2v) is 7.47. The summed E-state index contributed by atoms with van der Waals surface area (Å²) in [5.41, 5.74) is 1.81. The minimum absolute atomic E-state index is 0.110. The summed E-state index contributed by atoms with van der Waals surface area (Å²) < 4.78 is 19.5. The lowest BCUT2D eigenvalue weighted by molar-refractivity contribution is 0.209. The Hall–Kier alpha value is -2.76. The number of methoxy groups -OCH3 is 1. The van der Waals surface area contributed by atoms with Crippen molar-refractivity contribution in [1.82, 2.24) is 4.90 Å². The van der Waals surface area contributed by atoms with E-state index in [4.69, 9.17) is 27.9 Å². The Labute approximate surface area is 185 Å². The first-order valence-electron chi connectivity index (χ1n) is 9.34. The molecular formula is C23H21Cl2FN2O2. The minimum atomic E-state index is -0.368. The zero-order valence-corrected chi connectivity index (χ0v) is 17.9. The molecule has 7 heteroatoms. The van der Waals surface area contributed by atoms with Crippen LogP contribution in [0.5, 0.6) is 5.75 Å². The third kappa shape index (κ3) is 5.65. The third-order valence-electron chi connectivity index (χ3n) is 4.62. The van der Waals surface area contributed by atoms with Crippen LogP contribution in [-0.4, -0.2) is 24.6 Å². The van der Waals surface area contributed by atoms with Crippen LogP contribution in [0.25, 0.3) is 0 Å². The van der Waals surface area contributed by atoms with E-state index in [9.17, 15) is 9.18 Å². The highest BCUT2D eigenvalue weighted by atomic mass is 35.5. The van der Waals surface area contributed by atoms with Gasteiger partial charge in [0.2, 0.25) is 0 Å². The van der Waals surface area contributed by atoms with Gasteiger partial charge in [-0.15, -0.1) is 0 Å². The largest absolute Gasteiger partial charge is 0.495 e. The van der Waals surface area contributed by atoms with Crippen molar-refractivity contribution in [3.8, 4) is 5.75 Å². The number of nitrogens with one attached hydrogen (secondary N) is 1. The van der Waals surface area contributed by atoms with Crippen molar-refractivity contribution in [3.63, 3.8) is 0 Å². The van der Waals surface area contributed by atoms with E-state index in [-0.39, 0.29) is 18.4 Å². The van der Waals surface area contributed by atoms with Crippen LogP contribution in [0.3, 0.4) is 0 Å². The van der Waals surface area contributed by atoms with Crippen molar-refractivity contribution in [1.29, 1.82) is 0 Å². The molecule has 0 aliphatic heterocycles. The predicted molar refractivity (Wildman–Crippen MR) is 119 cm³/mol. The van der Waals surface area contributed by atoms with Crippen LogP contribution in [-0.2, 0) is 13.0 Å². The normalized spacial score (nSPS) is 10.5. The number of rotatable bonds is 7. The molecule has 0 radical (unpaired) electrons. The SMILES string of the molecule is COc1ccccc1NC(=O)N(CCc1ccc(Cl)cc1Cl)Cc1ccccc1F. The second-order valence-electron chi connectivity index (χ2n) is 6.63. The number of para-hydroxylation sites is 2. The van der Waals surface area contributed by atoms with Gasteiger partial charge in [0.05, 0.1) is 19.3 Å². The van der Waals surface area contributed by atoms with Crippen molar-refractivity contribution in [2.24, 2.45) is 0 Å². The van der Waals surface area contributed by atoms with E-state index in [0.717, 1.165) is 5.56 Å². The molecule has 0 aromatic heterocycles. The molecule has 0 aliphatic rings. The van der Waals surface area contributed by atoms with Crippen molar-refractivity contribution in [3.05, 3.63) is 93.7 Å². The number of carbonyl (C=O) groups is 1. The third-order valence-corrected chi connectivity index (χ3v) is 5.21. The summed E-state index contributed by atoms with van der Waals surface area (Å²) in [7, 11) is 1.53. The fraction of sp³-hybridized carbons (Fsp3) is 0.174. The van der Waals surface area contributed by atoms with Crippen LogP contribution in [0.1, 0.15) is 11.1 Å². The highest BCUT2D eigenvalue weighted by Gasteiger charge is 2.18. The summed E-state index contributed by atoms with van der Waals surface area (Å²) in [6.07, 6.45) is 0.490. The fourth-order valence-corrected chi connectivity index (χ4v) is 3.51.